The lowest BCUT2D eigenvalue weighted by Crippen LogP contribution is -2.11. The first-order valence-corrected chi connectivity index (χ1v) is 8.78. The van der Waals surface area contributed by atoms with Gasteiger partial charge in [0.15, 0.2) is 5.13 Å². The Hall–Kier alpha value is -2.31. The number of benzene rings is 2. The molecule has 6 heteroatoms. The summed E-state index contributed by atoms with van der Waals surface area (Å²) < 4.78 is 2.21. The summed E-state index contributed by atoms with van der Waals surface area (Å²) in [5.41, 5.74) is 3.64. The molecule has 0 aliphatic carbocycles. The van der Waals surface area contributed by atoms with Crippen LogP contribution in [0.2, 0.25) is 0 Å². The molecular formula is C17H13N3OS2. The van der Waals surface area contributed by atoms with Crippen LogP contribution in [0.4, 0.5) is 5.13 Å². The Kier molecular flexibility index (Phi) is 3.36. The summed E-state index contributed by atoms with van der Waals surface area (Å²) in [6.45, 7) is 4.00. The Bertz CT molecular complexity index is 1030. The third-order valence-electron chi connectivity index (χ3n) is 3.55. The lowest BCUT2D eigenvalue weighted by Gasteiger charge is -2.01. The van der Waals surface area contributed by atoms with E-state index in [0.29, 0.717) is 10.7 Å². The maximum absolute atomic E-state index is 12.3. The van der Waals surface area contributed by atoms with Crippen LogP contribution in [0.15, 0.2) is 36.4 Å². The summed E-state index contributed by atoms with van der Waals surface area (Å²) in [5, 5.41) is 4.54. The van der Waals surface area contributed by atoms with E-state index in [2.05, 4.69) is 15.3 Å². The van der Waals surface area contributed by atoms with Gasteiger partial charge in [-0.2, -0.15) is 0 Å². The number of nitrogens with one attached hydrogen (secondary N) is 1. The van der Waals surface area contributed by atoms with Gasteiger partial charge >= 0.3 is 0 Å². The van der Waals surface area contributed by atoms with Crippen LogP contribution in [-0.2, 0) is 0 Å². The van der Waals surface area contributed by atoms with Gasteiger partial charge in [-0.05, 0) is 38.1 Å². The largest absolute Gasteiger partial charge is 0.298 e. The van der Waals surface area contributed by atoms with Crippen molar-refractivity contribution in [3.8, 4) is 0 Å². The second-order valence-corrected chi connectivity index (χ2v) is 7.54. The molecule has 1 N–H and O–H groups in total. The molecule has 0 saturated carbocycles. The van der Waals surface area contributed by atoms with Gasteiger partial charge in [-0.25, -0.2) is 9.97 Å². The number of aromatic nitrogens is 2. The Morgan fingerprint density at radius 2 is 1.57 bits per heavy atom. The predicted molar refractivity (Wildman–Crippen MR) is 96.7 cm³/mol. The molecule has 0 fully saturated rings. The van der Waals surface area contributed by atoms with Gasteiger partial charge in [0.2, 0.25) is 0 Å². The summed E-state index contributed by atoms with van der Waals surface area (Å²) >= 11 is 3.15. The van der Waals surface area contributed by atoms with E-state index >= 15 is 0 Å². The minimum absolute atomic E-state index is 0.138. The average molecular weight is 339 g/mol. The average Bonchev–Trinajstić information content (AvgIpc) is 3.09. The smallest absolute Gasteiger partial charge is 0.257 e. The van der Waals surface area contributed by atoms with E-state index in [1.54, 1.807) is 11.3 Å². The molecule has 0 aliphatic rings. The van der Waals surface area contributed by atoms with E-state index in [9.17, 15) is 4.79 Å². The second-order valence-electron chi connectivity index (χ2n) is 5.33. The summed E-state index contributed by atoms with van der Waals surface area (Å²) in [4.78, 5) is 21.3. The molecule has 1 amide bonds. The van der Waals surface area contributed by atoms with Crippen molar-refractivity contribution in [1.82, 2.24) is 9.97 Å². The summed E-state index contributed by atoms with van der Waals surface area (Å²) in [6.07, 6.45) is 0. The monoisotopic (exact) mass is 339 g/mol. The van der Waals surface area contributed by atoms with Crippen LogP contribution in [0.1, 0.15) is 20.9 Å². The van der Waals surface area contributed by atoms with E-state index in [0.717, 1.165) is 31.0 Å². The topological polar surface area (TPSA) is 54.9 Å². The quantitative estimate of drug-likeness (QED) is 0.572. The lowest BCUT2D eigenvalue weighted by atomic mass is 10.1. The fourth-order valence-corrected chi connectivity index (χ4v) is 4.41. The van der Waals surface area contributed by atoms with Gasteiger partial charge in [0.05, 0.1) is 25.4 Å². The number of carbonyl (C=O) groups is 1. The molecule has 2 aromatic heterocycles. The van der Waals surface area contributed by atoms with Crippen molar-refractivity contribution in [2.24, 2.45) is 0 Å². The van der Waals surface area contributed by atoms with E-state index < -0.39 is 0 Å². The van der Waals surface area contributed by atoms with Crippen molar-refractivity contribution in [3.05, 3.63) is 52.5 Å². The van der Waals surface area contributed by atoms with Crippen molar-refractivity contribution < 1.29 is 4.79 Å². The Labute approximate surface area is 140 Å². The number of thiazole rings is 2. The van der Waals surface area contributed by atoms with Crippen molar-refractivity contribution in [1.29, 1.82) is 0 Å². The van der Waals surface area contributed by atoms with Crippen LogP contribution in [0.3, 0.4) is 0 Å². The molecule has 4 rings (SSSR count). The summed E-state index contributed by atoms with van der Waals surface area (Å²) in [5.74, 6) is -0.138. The molecule has 0 unspecified atom stereocenters. The summed E-state index contributed by atoms with van der Waals surface area (Å²) in [6, 6.07) is 11.4. The Morgan fingerprint density at radius 1 is 0.913 bits per heavy atom. The minimum Gasteiger partial charge on any atom is -0.298 e. The van der Waals surface area contributed by atoms with Crippen molar-refractivity contribution in [3.63, 3.8) is 0 Å². The van der Waals surface area contributed by atoms with Gasteiger partial charge < -0.3 is 0 Å². The van der Waals surface area contributed by atoms with Gasteiger partial charge in [0.1, 0.15) is 0 Å². The highest BCUT2D eigenvalue weighted by Gasteiger charge is 2.13. The first-order chi connectivity index (χ1) is 11.1. The maximum atomic E-state index is 12.3. The zero-order chi connectivity index (χ0) is 16.0. The van der Waals surface area contributed by atoms with Gasteiger partial charge in [-0.15, -0.1) is 11.3 Å². The normalized spacial score (nSPS) is 11.2. The van der Waals surface area contributed by atoms with Crippen LogP contribution in [0.25, 0.3) is 20.4 Å². The Balaban J connectivity index is 1.70. The molecule has 4 aromatic rings. The van der Waals surface area contributed by atoms with E-state index in [-0.39, 0.29) is 5.91 Å². The number of hydrogen-bond acceptors (Lipinski definition) is 5. The number of nitrogens with zero attached hydrogens (tertiary/aromatic N) is 2. The molecule has 2 heterocycles. The third-order valence-corrected chi connectivity index (χ3v) is 5.69. The Morgan fingerprint density at radius 3 is 2.30 bits per heavy atom. The maximum Gasteiger partial charge on any atom is 0.257 e. The number of hydrogen-bond donors (Lipinski definition) is 1. The van der Waals surface area contributed by atoms with Crippen molar-refractivity contribution >= 4 is 54.1 Å². The lowest BCUT2D eigenvalue weighted by molar-refractivity contribution is 0.102. The molecule has 0 saturated heterocycles. The van der Waals surface area contributed by atoms with Crippen LogP contribution in [0.5, 0.6) is 0 Å². The molecular weight excluding hydrogens is 326 g/mol. The number of aryl methyl sites for hydroxylation is 2. The van der Waals surface area contributed by atoms with Gasteiger partial charge in [-0.1, -0.05) is 29.0 Å². The van der Waals surface area contributed by atoms with Crippen molar-refractivity contribution in [2.75, 3.05) is 5.32 Å². The number of fused-ring (bicyclic) bond motifs is 3. The SMILES string of the molecule is Cc1ccc(C(=O)Nc2nc3ccc4nc(C)sc4c3s2)cc1. The summed E-state index contributed by atoms with van der Waals surface area (Å²) in [7, 11) is 0. The fraction of sp³-hybridized carbons (Fsp3) is 0.118. The second kappa shape index (κ2) is 5.40. The zero-order valence-corrected chi connectivity index (χ0v) is 14.2. The highest BCUT2D eigenvalue weighted by Crippen LogP contribution is 2.35. The molecule has 0 spiro atoms. The standard InChI is InChI=1S/C17H13N3OS2/c1-9-3-5-11(6-4-9)16(21)20-17-19-13-8-7-12-14(15(13)23-17)22-10(2)18-12/h3-8H,1-2H3,(H,19,20,21). The van der Waals surface area contributed by atoms with Gasteiger partial charge in [0, 0.05) is 5.56 Å². The molecule has 0 radical (unpaired) electrons. The molecule has 114 valence electrons. The van der Waals surface area contributed by atoms with Crippen LogP contribution < -0.4 is 5.32 Å². The molecule has 0 aliphatic heterocycles. The third kappa shape index (κ3) is 2.60. The fourth-order valence-electron chi connectivity index (χ4n) is 2.41. The first kappa shape index (κ1) is 14.3. The van der Waals surface area contributed by atoms with Gasteiger partial charge in [0.25, 0.3) is 5.91 Å². The molecule has 0 atom stereocenters. The van der Waals surface area contributed by atoms with E-state index in [1.807, 2.05) is 50.2 Å². The molecule has 23 heavy (non-hydrogen) atoms. The molecule has 2 aromatic carbocycles. The van der Waals surface area contributed by atoms with Crippen LogP contribution >= 0.6 is 22.7 Å². The van der Waals surface area contributed by atoms with Crippen LogP contribution in [0, 0.1) is 13.8 Å². The predicted octanol–water partition coefficient (Wildman–Crippen LogP) is 4.78. The number of anilines is 1. The number of carbonyl (C=O) groups excluding carboxylic acids is 1. The minimum atomic E-state index is -0.138. The highest BCUT2D eigenvalue weighted by molar-refractivity contribution is 7.28. The van der Waals surface area contributed by atoms with E-state index in [1.165, 1.54) is 11.3 Å². The van der Waals surface area contributed by atoms with Crippen LogP contribution in [-0.4, -0.2) is 15.9 Å². The van der Waals surface area contributed by atoms with Gasteiger partial charge in [-0.3, -0.25) is 10.1 Å². The first-order valence-electron chi connectivity index (χ1n) is 7.15. The number of rotatable bonds is 2. The number of amides is 1. The zero-order valence-electron chi connectivity index (χ0n) is 12.6. The highest BCUT2D eigenvalue weighted by atomic mass is 32.1. The van der Waals surface area contributed by atoms with Crippen molar-refractivity contribution in [2.45, 2.75) is 13.8 Å². The molecule has 4 nitrogen and oxygen atoms in total. The van der Waals surface area contributed by atoms with E-state index in [4.69, 9.17) is 0 Å². The molecule has 0 bridgehead atoms.